The molecule has 0 saturated carbocycles. The molecule has 80 valence electrons. The molecule has 0 N–H and O–H groups in total. The minimum Gasteiger partial charge on any atom is -0.496 e. The van der Waals surface area contributed by atoms with Gasteiger partial charge in [0.1, 0.15) is 5.75 Å². The number of rotatable bonds is 3. The highest BCUT2D eigenvalue weighted by molar-refractivity contribution is 5.82. The van der Waals surface area contributed by atoms with E-state index >= 15 is 0 Å². The van der Waals surface area contributed by atoms with E-state index in [0.717, 1.165) is 17.5 Å². The molecular weight excluding hydrogens is 204 g/mol. The van der Waals surface area contributed by atoms with Gasteiger partial charge in [0.2, 0.25) is 0 Å². The maximum atomic E-state index is 10.9. The van der Waals surface area contributed by atoms with E-state index in [2.05, 4.69) is 9.97 Å². The zero-order valence-corrected chi connectivity index (χ0v) is 8.75. The first-order valence-corrected chi connectivity index (χ1v) is 4.74. The third kappa shape index (κ3) is 1.91. The van der Waals surface area contributed by atoms with Crippen LogP contribution in [-0.2, 0) is 0 Å². The molecule has 0 aliphatic heterocycles. The molecule has 16 heavy (non-hydrogen) atoms. The summed E-state index contributed by atoms with van der Waals surface area (Å²) in [5.74, 6) is 0.558. The average molecular weight is 214 g/mol. The molecule has 0 aliphatic rings. The molecule has 0 unspecified atom stereocenters. The summed E-state index contributed by atoms with van der Waals surface area (Å²) in [6.45, 7) is 0. The lowest BCUT2D eigenvalue weighted by atomic mass is 10.1. The molecule has 4 heteroatoms. The minimum absolute atomic E-state index is 0.505. The van der Waals surface area contributed by atoms with E-state index in [1.807, 2.05) is 6.07 Å². The van der Waals surface area contributed by atoms with Crippen LogP contribution in [0, 0.1) is 0 Å². The second kappa shape index (κ2) is 4.53. The molecule has 4 nitrogen and oxygen atoms in total. The second-order valence-corrected chi connectivity index (χ2v) is 3.17. The Labute approximate surface area is 92.9 Å². The molecule has 0 fully saturated rings. The molecule has 2 aromatic rings. The molecule has 2 rings (SSSR count). The van der Waals surface area contributed by atoms with Crippen molar-refractivity contribution < 1.29 is 9.53 Å². The van der Waals surface area contributed by atoms with Crippen molar-refractivity contribution in [3.05, 3.63) is 42.4 Å². The number of methoxy groups -OCH3 is 1. The first kappa shape index (κ1) is 10.3. The fraction of sp³-hybridized carbons (Fsp3) is 0.0833. The number of carbonyl (C=O) groups excluding carboxylic acids is 1. The average Bonchev–Trinajstić information content (AvgIpc) is 2.39. The number of aromatic nitrogens is 2. The first-order valence-electron chi connectivity index (χ1n) is 4.74. The molecule has 0 bridgehead atoms. The summed E-state index contributed by atoms with van der Waals surface area (Å²) in [6, 6.07) is 5.32. The summed E-state index contributed by atoms with van der Waals surface area (Å²) >= 11 is 0. The Kier molecular flexibility index (Phi) is 2.91. The maximum Gasteiger partial charge on any atom is 0.153 e. The monoisotopic (exact) mass is 214 g/mol. The Bertz CT molecular complexity index is 498. The van der Waals surface area contributed by atoms with E-state index in [4.69, 9.17) is 4.74 Å². The highest BCUT2D eigenvalue weighted by atomic mass is 16.5. The number of hydrogen-bond acceptors (Lipinski definition) is 4. The molecule has 0 radical (unpaired) electrons. The van der Waals surface area contributed by atoms with Crippen LogP contribution < -0.4 is 4.74 Å². The van der Waals surface area contributed by atoms with Crippen LogP contribution in [0.4, 0.5) is 0 Å². The van der Waals surface area contributed by atoms with Crippen LogP contribution in [-0.4, -0.2) is 23.4 Å². The van der Waals surface area contributed by atoms with Crippen molar-refractivity contribution in [2.24, 2.45) is 0 Å². The standard InChI is InChI=1S/C12H10N2O2/c1-16-12-3-2-9(6-10(12)8-15)11-7-13-4-5-14-11/h2-8H,1H3. The Morgan fingerprint density at radius 2 is 2.19 bits per heavy atom. The molecule has 0 amide bonds. The lowest BCUT2D eigenvalue weighted by molar-refractivity contribution is 0.112. The topological polar surface area (TPSA) is 52.1 Å². The van der Waals surface area contributed by atoms with Gasteiger partial charge in [-0.2, -0.15) is 0 Å². The first-order chi connectivity index (χ1) is 7.85. The van der Waals surface area contributed by atoms with Gasteiger partial charge in [-0.3, -0.25) is 14.8 Å². The zero-order chi connectivity index (χ0) is 11.4. The van der Waals surface area contributed by atoms with E-state index in [-0.39, 0.29) is 0 Å². The number of carbonyl (C=O) groups is 1. The molecule has 1 aromatic carbocycles. The highest BCUT2D eigenvalue weighted by Crippen LogP contribution is 2.23. The van der Waals surface area contributed by atoms with Gasteiger partial charge in [-0.1, -0.05) is 0 Å². The minimum atomic E-state index is 0.505. The lowest BCUT2D eigenvalue weighted by Gasteiger charge is -2.05. The van der Waals surface area contributed by atoms with Crippen LogP contribution in [0.15, 0.2) is 36.8 Å². The van der Waals surface area contributed by atoms with Gasteiger partial charge in [0, 0.05) is 18.0 Å². The second-order valence-electron chi connectivity index (χ2n) is 3.17. The van der Waals surface area contributed by atoms with Crippen molar-refractivity contribution in [1.29, 1.82) is 0 Å². The number of ether oxygens (including phenoxy) is 1. The van der Waals surface area contributed by atoms with E-state index in [1.165, 1.54) is 7.11 Å². The maximum absolute atomic E-state index is 10.9. The van der Waals surface area contributed by atoms with E-state index in [0.29, 0.717) is 11.3 Å². The Morgan fingerprint density at radius 1 is 1.31 bits per heavy atom. The van der Waals surface area contributed by atoms with Gasteiger partial charge in [-0.05, 0) is 18.2 Å². The summed E-state index contributed by atoms with van der Waals surface area (Å²) in [5.41, 5.74) is 2.08. The van der Waals surface area contributed by atoms with Gasteiger partial charge in [0.15, 0.2) is 6.29 Å². The summed E-state index contributed by atoms with van der Waals surface area (Å²) in [7, 11) is 1.53. The SMILES string of the molecule is COc1ccc(-c2cnccn2)cc1C=O. The van der Waals surface area contributed by atoms with Gasteiger partial charge in [0.05, 0.1) is 24.6 Å². The highest BCUT2D eigenvalue weighted by Gasteiger charge is 2.05. The summed E-state index contributed by atoms with van der Waals surface area (Å²) in [6.07, 6.45) is 5.63. The third-order valence-corrected chi connectivity index (χ3v) is 2.22. The van der Waals surface area contributed by atoms with Crippen molar-refractivity contribution in [2.75, 3.05) is 7.11 Å². The smallest absolute Gasteiger partial charge is 0.153 e. The van der Waals surface area contributed by atoms with Gasteiger partial charge < -0.3 is 4.74 Å². The number of aldehydes is 1. The predicted molar refractivity (Wildman–Crippen MR) is 59.4 cm³/mol. The van der Waals surface area contributed by atoms with Crippen LogP contribution in [0.2, 0.25) is 0 Å². The van der Waals surface area contributed by atoms with E-state index < -0.39 is 0 Å². The fourth-order valence-electron chi connectivity index (χ4n) is 1.43. The quantitative estimate of drug-likeness (QED) is 0.733. The van der Waals surface area contributed by atoms with Crippen LogP contribution in [0.5, 0.6) is 5.75 Å². The van der Waals surface area contributed by atoms with Gasteiger partial charge in [-0.25, -0.2) is 0 Å². The molecule has 0 saturated heterocycles. The van der Waals surface area contributed by atoms with Crippen LogP contribution in [0.25, 0.3) is 11.3 Å². The summed E-state index contributed by atoms with van der Waals surface area (Å²) in [4.78, 5) is 19.0. The van der Waals surface area contributed by atoms with Gasteiger partial charge >= 0.3 is 0 Å². The Morgan fingerprint density at radius 3 is 2.81 bits per heavy atom. The van der Waals surface area contributed by atoms with E-state index in [9.17, 15) is 4.79 Å². The Balaban J connectivity index is 2.48. The largest absolute Gasteiger partial charge is 0.496 e. The van der Waals surface area contributed by atoms with Crippen LogP contribution >= 0.6 is 0 Å². The molecular formula is C12H10N2O2. The fourth-order valence-corrected chi connectivity index (χ4v) is 1.43. The van der Waals surface area contributed by atoms with Crippen molar-refractivity contribution in [2.45, 2.75) is 0 Å². The molecule has 0 spiro atoms. The lowest BCUT2D eigenvalue weighted by Crippen LogP contribution is -1.92. The van der Waals surface area contributed by atoms with Crippen molar-refractivity contribution in [3.63, 3.8) is 0 Å². The number of nitrogens with zero attached hydrogens (tertiary/aromatic N) is 2. The molecule has 1 aromatic heterocycles. The normalized spacial score (nSPS) is 9.81. The van der Waals surface area contributed by atoms with Crippen molar-refractivity contribution in [1.82, 2.24) is 9.97 Å². The predicted octanol–water partition coefficient (Wildman–Crippen LogP) is 1.96. The molecule has 0 aliphatic carbocycles. The molecule has 1 heterocycles. The van der Waals surface area contributed by atoms with E-state index in [1.54, 1.807) is 30.7 Å². The van der Waals surface area contributed by atoms with Gasteiger partial charge in [-0.15, -0.1) is 0 Å². The van der Waals surface area contributed by atoms with Crippen LogP contribution in [0.1, 0.15) is 10.4 Å². The van der Waals surface area contributed by atoms with Gasteiger partial charge in [0.25, 0.3) is 0 Å². The summed E-state index contributed by atoms with van der Waals surface area (Å²) in [5, 5.41) is 0. The van der Waals surface area contributed by atoms with Crippen molar-refractivity contribution >= 4 is 6.29 Å². The number of hydrogen-bond donors (Lipinski definition) is 0. The molecule has 0 atom stereocenters. The zero-order valence-electron chi connectivity index (χ0n) is 8.75. The summed E-state index contributed by atoms with van der Waals surface area (Å²) < 4.78 is 5.06. The van der Waals surface area contributed by atoms with Crippen LogP contribution in [0.3, 0.4) is 0 Å². The Hall–Kier alpha value is -2.23. The van der Waals surface area contributed by atoms with Crippen molar-refractivity contribution in [3.8, 4) is 17.0 Å². The number of benzene rings is 1. The third-order valence-electron chi connectivity index (χ3n) is 2.22.